The first-order chi connectivity index (χ1) is 14.5. The van der Waals surface area contributed by atoms with Crippen LogP contribution in [0.5, 0.6) is 0 Å². The molecule has 0 fully saturated rings. The lowest BCUT2D eigenvalue weighted by Gasteiger charge is -2.13. The zero-order valence-electron chi connectivity index (χ0n) is 16.5. The third-order valence-electron chi connectivity index (χ3n) is 4.63. The van der Waals surface area contributed by atoms with E-state index in [0.29, 0.717) is 22.9 Å². The van der Waals surface area contributed by atoms with Crippen molar-refractivity contribution in [2.45, 2.75) is 19.1 Å². The Bertz CT molecular complexity index is 1230. The molecule has 0 spiro atoms. The molecular formula is C22H21N5O2S. The van der Waals surface area contributed by atoms with Crippen molar-refractivity contribution in [2.24, 2.45) is 0 Å². The maximum atomic E-state index is 12.0. The molecule has 0 aliphatic rings. The number of nitrogens with one attached hydrogen (secondary N) is 2. The lowest BCUT2D eigenvalue weighted by atomic mass is 10.1. The number of thiol groups is 1. The second kappa shape index (κ2) is 8.46. The Kier molecular flexibility index (Phi) is 5.58. The molecule has 2 aromatic heterocycles. The maximum absolute atomic E-state index is 12.0. The summed E-state index contributed by atoms with van der Waals surface area (Å²) in [5.74, 6) is 1.38. The summed E-state index contributed by atoms with van der Waals surface area (Å²) in [6, 6.07) is 20.8. The fraction of sp³-hybridized carbons (Fsp3) is 0.136. The summed E-state index contributed by atoms with van der Waals surface area (Å²) in [6.45, 7) is 3.76. The Morgan fingerprint density at radius 2 is 1.67 bits per heavy atom. The highest BCUT2D eigenvalue weighted by Crippen LogP contribution is 2.26. The average Bonchev–Trinajstić information content (AvgIpc) is 3.18. The van der Waals surface area contributed by atoms with E-state index < -0.39 is 16.0 Å². The Morgan fingerprint density at radius 3 is 2.37 bits per heavy atom. The second-order valence-corrected chi connectivity index (χ2v) is 8.10. The number of H-pyrrole nitrogens is 1. The number of aromatic amines is 1. The smallest absolute Gasteiger partial charge is 0.154 e. The predicted octanol–water partition coefficient (Wildman–Crippen LogP) is 3.93. The van der Waals surface area contributed by atoms with Crippen LogP contribution in [0.15, 0.2) is 66.7 Å². The zero-order chi connectivity index (χ0) is 21.1. The molecule has 7 nitrogen and oxygen atoms in total. The van der Waals surface area contributed by atoms with E-state index in [0.717, 1.165) is 16.8 Å². The first-order valence-corrected chi connectivity index (χ1v) is 10.7. The maximum Gasteiger partial charge on any atom is 0.154 e. The van der Waals surface area contributed by atoms with E-state index in [1.54, 1.807) is 18.2 Å². The van der Waals surface area contributed by atoms with Crippen LogP contribution in [0.1, 0.15) is 27.9 Å². The number of rotatable bonds is 6. The average molecular weight is 420 g/mol. The van der Waals surface area contributed by atoms with Gasteiger partial charge in [0, 0.05) is 23.4 Å². The van der Waals surface area contributed by atoms with Gasteiger partial charge < -0.3 is 5.32 Å². The highest BCUT2D eigenvalue weighted by molar-refractivity contribution is 7.73. The van der Waals surface area contributed by atoms with Gasteiger partial charge in [0.15, 0.2) is 16.5 Å². The number of aromatic nitrogens is 4. The Labute approximate surface area is 176 Å². The molecule has 0 bridgehead atoms. The normalized spacial score (nSPS) is 12.1. The van der Waals surface area contributed by atoms with Gasteiger partial charge in [0.25, 0.3) is 0 Å². The summed E-state index contributed by atoms with van der Waals surface area (Å²) in [5, 5.41) is 9.51. The van der Waals surface area contributed by atoms with Crippen molar-refractivity contribution in [1.29, 1.82) is 0 Å². The van der Waals surface area contributed by atoms with Crippen LogP contribution in [-0.2, 0) is 10.7 Å². The Balaban J connectivity index is 1.65. The molecule has 1 atom stereocenters. The molecular weight excluding hydrogens is 398 g/mol. The van der Waals surface area contributed by atoms with Crippen molar-refractivity contribution in [3.8, 4) is 11.3 Å². The molecule has 0 aliphatic heterocycles. The van der Waals surface area contributed by atoms with E-state index in [4.69, 9.17) is 0 Å². The van der Waals surface area contributed by atoms with Crippen molar-refractivity contribution in [3.63, 3.8) is 0 Å². The van der Waals surface area contributed by atoms with Crippen LogP contribution in [0.4, 0.5) is 11.6 Å². The van der Waals surface area contributed by atoms with E-state index in [9.17, 15) is 8.42 Å². The summed E-state index contributed by atoms with van der Waals surface area (Å²) in [5.41, 5.74) is 4.15. The fourth-order valence-corrected chi connectivity index (χ4v) is 3.89. The van der Waals surface area contributed by atoms with Gasteiger partial charge in [-0.1, -0.05) is 60.2 Å². The lowest BCUT2D eigenvalue weighted by Crippen LogP contribution is -2.10. The third kappa shape index (κ3) is 4.38. The number of nitrogens with zero attached hydrogens (tertiary/aromatic N) is 3. The van der Waals surface area contributed by atoms with Crippen molar-refractivity contribution >= 4 is 22.3 Å². The third-order valence-corrected chi connectivity index (χ3v) is 5.58. The molecule has 2 aromatic carbocycles. The van der Waals surface area contributed by atoms with Crippen molar-refractivity contribution in [3.05, 3.63) is 89.4 Å². The van der Waals surface area contributed by atoms with Crippen molar-refractivity contribution in [2.75, 3.05) is 5.32 Å². The Hall–Kier alpha value is -3.52. The number of hydrogen-bond donors (Lipinski definition) is 3. The largest absolute Gasteiger partial charge is 0.325 e. The fourth-order valence-electron chi connectivity index (χ4n) is 3.17. The molecule has 0 saturated carbocycles. The van der Waals surface area contributed by atoms with Gasteiger partial charge >= 0.3 is 0 Å². The minimum atomic E-state index is -2.81. The lowest BCUT2D eigenvalue weighted by molar-refractivity contribution is 0.606. The second-order valence-electron chi connectivity index (χ2n) is 7.01. The highest BCUT2D eigenvalue weighted by Gasteiger charge is 2.21. The molecule has 8 heteroatoms. The van der Waals surface area contributed by atoms with E-state index >= 15 is 0 Å². The van der Waals surface area contributed by atoms with Crippen LogP contribution >= 0.6 is 0 Å². The topological polar surface area (TPSA) is 101 Å². The van der Waals surface area contributed by atoms with Crippen LogP contribution in [0.2, 0.25) is 0 Å². The standard InChI is InChI=1S/C22H21N5O2S/c1-14-8-10-17(11-9-14)21(30(28)29)22-23-15(2)12-19(25-22)24-20-13-18(26-27-20)16-6-4-3-5-7-16/h3-13,21,30H,1-2H3,(H2,23,24,25,26,27). The van der Waals surface area contributed by atoms with Gasteiger partial charge in [-0.05, 0) is 19.4 Å². The monoisotopic (exact) mass is 419 g/mol. The number of aryl methyl sites for hydroxylation is 2. The van der Waals surface area contributed by atoms with Crippen LogP contribution in [-0.4, -0.2) is 28.6 Å². The van der Waals surface area contributed by atoms with Gasteiger partial charge in [0.2, 0.25) is 0 Å². The molecule has 0 aliphatic carbocycles. The minimum Gasteiger partial charge on any atom is -0.325 e. The molecule has 1 unspecified atom stereocenters. The van der Waals surface area contributed by atoms with Gasteiger partial charge in [-0.15, -0.1) is 0 Å². The summed E-state index contributed by atoms with van der Waals surface area (Å²) in [4.78, 5) is 8.87. The van der Waals surface area contributed by atoms with Crippen LogP contribution in [0.3, 0.4) is 0 Å². The zero-order valence-corrected chi connectivity index (χ0v) is 17.4. The van der Waals surface area contributed by atoms with E-state index in [1.165, 1.54) is 0 Å². The van der Waals surface area contributed by atoms with E-state index in [1.807, 2.05) is 62.4 Å². The van der Waals surface area contributed by atoms with Crippen LogP contribution in [0, 0.1) is 13.8 Å². The molecule has 0 amide bonds. The van der Waals surface area contributed by atoms with Crippen LogP contribution in [0.25, 0.3) is 11.3 Å². The van der Waals surface area contributed by atoms with Gasteiger partial charge in [-0.25, -0.2) is 18.4 Å². The molecule has 2 N–H and O–H groups in total. The van der Waals surface area contributed by atoms with Gasteiger partial charge in [0.05, 0.1) is 5.69 Å². The molecule has 0 saturated heterocycles. The molecule has 2 heterocycles. The van der Waals surface area contributed by atoms with Gasteiger partial charge in [-0.3, -0.25) is 5.10 Å². The highest BCUT2D eigenvalue weighted by atomic mass is 32.2. The minimum absolute atomic E-state index is 0.236. The summed E-state index contributed by atoms with van der Waals surface area (Å²) >= 11 is 0. The molecule has 4 rings (SSSR count). The summed E-state index contributed by atoms with van der Waals surface area (Å²) in [7, 11) is -2.81. The van der Waals surface area contributed by atoms with Gasteiger partial charge in [0.1, 0.15) is 16.9 Å². The Morgan fingerprint density at radius 1 is 0.933 bits per heavy atom. The van der Waals surface area contributed by atoms with Crippen molar-refractivity contribution < 1.29 is 8.42 Å². The molecule has 4 aromatic rings. The van der Waals surface area contributed by atoms with Crippen molar-refractivity contribution in [1.82, 2.24) is 20.2 Å². The molecule has 152 valence electrons. The number of hydrogen-bond acceptors (Lipinski definition) is 6. The number of anilines is 2. The molecule has 0 radical (unpaired) electrons. The summed E-state index contributed by atoms with van der Waals surface area (Å²) < 4.78 is 24.1. The first kappa shape index (κ1) is 19.8. The van der Waals surface area contributed by atoms with Crippen LogP contribution < -0.4 is 5.32 Å². The van der Waals surface area contributed by atoms with E-state index in [2.05, 4.69) is 25.5 Å². The predicted molar refractivity (Wildman–Crippen MR) is 117 cm³/mol. The first-order valence-electron chi connectivity index (χ1n) is 9.43. The quantitative estimate of drug-likeness (QED) is 0.410. The van der Waals surface area contributed by atoms with Gasteiger partial charge in [-0.2, -0.15) is 5.10 Å². The molecule has 30 heavy (non-hydrogen) atoms. The SMILES string of the molecule is Cc1ccc(C(c2nc(C)cc(Nc3cc(-c4ccccc4)n[nH]3)n2)[SH](=O)=O)cc1. The number of benzene rings is 2. The summed E-state index contributed by atoms with van der Waals surface area (Å²) in [6.07, 6.45) is 0. The van der Waals surface area contributed by atoms with E-state index in [-0.39, 0.29) is 5.82 Å².